The quantitative estimate of drug-likeness (QED) is 0.312. The molecule has 0 aromatic rings. The number of Topliss-reactive ketones (excluding diaryl/α,β-unsaturated/α-hetero) is 1. The van der Waals surface area contributed by atoms with Crippen LogP contribution in [0.15, 0.2) is 0 Å². The number of hydrogen-bond donors (Lipinski definition) is 1. The van der Waals surface area contributed by atoms with Gasteiger partial charge < -0.3 is 15.0 Å². The number of rotatable bonds is 3. The van der Waals surface area contributed by atoms with Crippen molar-refractivity contribution in [3.05, 3.63) is 0 Å². The Kier molecular flexibility index (Phi) is 5.88. The molecular weight excluding hydrogens is 192 g/mol. The maximum Gasteiger partial charge on any atom is 2.00 e. The summed E-state index contributed by atoms with van der Waals surface area (Å²) in [6.07, 6.45) is -1.06. The first-order valence-electron chi connectivity index (χ1n) is 2.00. The summed E-state index contributed by atoms with van der Waals surface area (Å²) in [5.74, 6) is -4.79. The number of ketones is 1. The first kappa shape index (κ1) is 11.9. The van der Waals surface area contributed by atoms with Gasteiger partial charge in [-0.3, -0.25) is 4.79 Å². The van der Waals surface area contributed by atoms with Gasteiger partial charge in [0.2, 0.25) is 5.78 Å². The average Bonchev–Trinajstić information content (AvgIpc) is 1.63. The zero-order valence-corrected chi connectivity index (χ0v) is 5.53. The minimum Gasteiger partial charge on any atom is -0.550 e. The van der Waals surface area contributed by atoms with Crippen LogP contribution in [0.1, 0.15) is 6.42 Å². The number of carbonyl (C=O) groups excluding carboxylic acids is 2. The van der Waals surface area contributed by atoms with Crippen LogP contribution >= 0.6 is 0 Å². The Bertz CT molecular complexity index is 163. The Labute approximate surface area is 66.5 Å². The van der Waals surface area contributed by atoms with Crippen molar-refractivity contribution in [2.24, 2.45) is 0 Å². The van der Waals surface area contributed by atoms with Crippen LogP contribution in [-0.2, 0) is 31.5 Å². The molecule has 0 saturated heterocycles. The van der Waals surface area contributed by atoms with E-state index < -0.39 is 24.1 Å². The number of carbonyl (C=O) groups is 3. The van der Waals surface area contributed by atoms with Crippen molar-refractivity contribution in [1.82, 2.24) is 0 Å². The average molecular weight is 195 g/mol. The van der Waals surface area contributed by atoms with Crippen LogP contribution in [0.5, 0.6) is 0 Å². The fourth-order valence-corrected chi connectivity index (χ4v) is 0.207. The third kappa shape index (κ3) is 5.27. The number of hydrogen-bond acceptors (Lipinski definition) is 4. The SMILES string of the molecule is O=C([O-])CC(=O)C(=O)O.[Cu+2]. The van der Waals surface area contributed by atoms with E-state index in [9.17, 15) is 19.5 Å². The van der Waals surface area contributed by atoms with Gasteiger partial charge in [-0.1, -0.05) is 0 Å². The van der Waals surface area contributed by atoms with E-state index in [2.05, 4.69) is 0 Å². The maximum atomic E-state index is 9.93. The second kappa shape index (κ2) is 4.96. The molecule has 1 N–H and O–H groups in total. The molecule has 5 nitrogen and oxygen atoms in total. The zero-order chi connectivity index (χ0) is 7.44. The Morgan fingerprint density at radius 2 is 1.70 bits per heavy atom. The summed E-state index contributed by atoms with van der Waals surface area (Å²) in [7, 11) is 0. The van der Waals surface area contributed by atoms with Gasteiger partial charge in [-0.05, 0) is 0 Å². The number of carboxylic acid groups (broad SMARTS) is 2. The van der Waals surface area contributed by atoms with Gasteiger partial charge in [-0.15, -0.1) is 0 Å². The van der Waals surface area contributed by atoms with Gasteiger partial charge in [0, 0.05) is 5.97 Å². The minimum absolute atomic E-state index is 0. The van der Waals surface area contributed by atoms with Crippen molar-refractivity contribution in [3.8, 4) is 0 Å². The van der Waals surface area contributed by atoms with Crippen molar-refractivity contribution >= 4 is 17.7 Å². The van der Waals surface area contributed by atoms with Crippen LogP contribution < -0.4 is 5.11 Å². The summed E-state index contributed by atoms with van der Waals surface area (Å²) < 4.78 is 0. The van der Waals surface area contributed by atoms with E-state index in [0.29, 0.717) is 0 Å². The van der Waals surface area contributed by atoms with Gasteiger partial charge in [0.1, 0.15) is 0 Å². The summed E-state index contributed by atoms with van der Waals surface area (Å²) in [6.45, 7) is 0. The molecule has 1 radical (unpaired) electrons. The van der Waals surface area contributed by atoms with Gasteiger partial charge >= 0.3 is 23.0 Å². The summed E-state index contributed by atoms with van der Waals surface area (Å²) in [4.78, 5) is 29.0. The normalized spacial score (nSPS) is 7.60. The van der Waals surface area contributed by atoms with E-state index in [0.717, 1.165) is 0 Å². The smallest absolute Gasteiger partial charge is 0.550 e. The molecule has 0 saturated carbocycles. The predicted molar refractivity (Wildman–Crippen MR) is 22.3 cm³/mol. The first-order valence-corrected chi connectivity index (χ1v) is 2.00. The number of carboxylic acids is 2. The standard InChI is InChI=1S/C4H4O5.Cu/c5-2(4(8)9)1-3(6)7;/h1H2,(H,6,7)(H,8,9);/q;+2/p-1. The van der Waals surface area contributed by atoms with Crippen molar-refractivity contribution in [2.75, 3.05) is 0 Å². The molecule has 0 aliphatic rings. The molecule has 0 aromatic carbocycles. The molecule has 0 aliphatic carbocycles. The van der Waals surface area contributed by atoms with Crippen LogP contribution in [0.3, 0.4) is 0 Å². The van der Waals surface area contributed by atoms with Gasteiger partial charge in [0.25, 0.3) is 0 Å². The van der Waals surface area contributed by atoms with Crippen molar-refractivity contribution in [3.63, 3.8) is 0 Å². The molecule has 0 heterocycles. The van der Waals surface area contributed by atoms with E-state index in [1.807, 2.05) is 0 Å². The van der Waals surface area contributed by atoms with E-state index in [4.69, 9.17) is 5.11 Å². The van der Waals surface area contributed by atoms with Crippen LogP contribution in [-0.4, -0.2) is 22.8 Å². The molecule has 0 rings (SSSR count). The Morgan fingerprint density at radius 1 is 1.30 bits per heavy atom. The molecule has 0 bridgehead atoms. The van der Waals surface area contributed by atoms with Crippen LogP contribution in [0.4, 0.5) is 0 Å². The Hall–Kier alpha value is -0.871. The van der Waals surface area contributed by atoms with E-state index in [1.165, 1.54) is 0 Å². The summed E-state index contributed by atoms with van der Waals surface area (Å²) in [5.41, 5.74) is 0. The van der Waals surface area contributed by atoms with E-state index in [-0.39, 0.29) is 17.1 Å². The maximum absolute atomic E-state index is 9.93. The zero-order valence-electron chi connectivity index (χ0n) is 4.59. The van der Waals surface area contributed by atoms with Crippen molar-refractivity contribution in [1.29, 1.82) is 0 Å². The second-order valence-corrected chi connectivity index (χ2v) is 1.28. The van der Waals surface area contributed by atoms with E-state index in [1.54, 1.807) is 0 Å². The summed E-state index contributed by atoms with van der Waals surface area (Å²) >= 11 is 0. The summed E-state index contributed by atoms with van der Waals surface area (Å²) in [6, 6.07) is 0. The second-order valence-electron chi connectivity index (χ2n) is 1.28. The fraction of sp³-hybridized carbons (Fsp3) is 0.250. The molecular formula is C4H3CuO5+. The van der Waals surface area contributed by atoms with Gasteiger partial charge in [-0.2, -0.15) is 0 Å². The van der Waals surface area contributed by atoms with Crippen molar-refractivity contribution in [2.45, 2.75) is 6.42 Å². The van der Waals surface area contributed by atoms with Crippen molar-refractivity contribution < 1.29 is 41.7 Å². The van der Waals surface area contributed by atoms with Gasteiger partial charge in [0.05, 0.1) is 6.42 Å². The molecule has 6 heteroatoms. The molecule has 10 heavy (non-hydrogen) atoms. The summed E-state index contributed by atoms with van der Waals surface area (Å²) in [5, 5.41) is 17.3. The minimum atomic E-state index is -1.75. The van der Waals surface area contributed by atoms with Gasteiger partial charge in [0.15, 0.2) is 0 Å². The van der Waals surface area contributed by atoms with Gasteiger partial charge in [-0.25, -0.2) is 4.79 Å². The predicted octanol–water partition coefficient (Wildman–Crippen LogP) is -2.22. The topological polar surface area (TPSA) is 94.5 Å². The molecule has 0 spiro atoms. The molecule has 0 amide bonds. The monoisotopic (exact) mass is 194 g/mol. The molecule has 0 atom stereocenters. The van der Waals surface area contributed by atoms with E-state index >= 15 is 0 Å². The Balaban J connectivity index is 0. The molecule has 0 aromatic heterocycles. The Morgan fingerprint density at radius 3 is 1.80 bits per heavy atom. The van der Waals surface area contributed by atoms with Crippen LogP contribution in [0.2, 0.25) is 0 Å². The van der Waals surface area contributed by atoms with Crippen LogP contribution in [0.25, 0.3) is 0 Å². The number of aliphatic carboxylic acids is 2. The van der Waals surface area contributed by atoms with Crippen LogP contribution in [0, 0.1) is 0 Å². The molecule has 59 valence electrons. The molecule has 0 unspecified atom stereocenters. The third-order valence-electron chi connectivity index (χ3n) is 0.543. The largest absolute Gasteiger partial charge is 2.00 e. The molecule has 0 fully saturated rings. The first-order chi connectivity index (χ1) is 4.04. The molecule has 0 aliphatic heterocycles. The third-order valence-corrected chi connectivity index (χ3v) is 0.543. The fourth-order valence-electron chi connectivity index (χ4n) is 0.207.